The summed E-state index contributed by atoms with van der Waals surface area (Å²) in [4.78, 5) is 20.4. The molecule has 0 aromatic heterocycles. The number of likely N-dealkylation sites (tertiary alicyclic amines) is 1. The molecule has 0 saturated carbocycles. The Labute approximate surface area is 121 Å². The highest BCUT2D eigenvalue weighted by Gasteiger charge is 2.43. The summed E-state index contributed by atoms with van der Waals surface area (Å²) >= 11 is 0. The van der Waals surface area contributed by atoms with Gasteiger partial charge < -0.3 is 19.8 Å². The van der Waals surface area contributed by atoms with Crippen molar-refractivity contribution >= 4 is 6.03 Å². The van der Waals surface area contributed by atoms with E-state index in [0.29, 0.717) is 0 Å². The predicted octanol–water partition coefficient (Wildman–Crippen LogP) is -0.258. The molecule has 1 spiro atoms. The van der Waals surface area contributed by atoms with Crippen molar-refractivity contribution in [3.8, 4) is 0 Å². The fourth-order valence-corrected chi connectivity index (χ4v) is 3.55. The van der Waals surface area contributed by atoms with Crippen LogP contribution in [0, 0.1) is 0 Å². The minimum atomic E-state index is 0.109. The summed E-state index contributed by atoms with van der Waals surface area (Å²) in [5.41, 5.74) is 0.138. The first kappa shape index (κ1) is 15.5. The van der Waals surface area contributed by atoms with E-state index in [2.05, 4.69) is 16.8 Å². The van der Waals surface area contributed by atoms with Gasteiger partial charge in [-0.1, -0.05) is 0 Å². The van der Waals surface area contributed by atoms with E-state index >= 15 is 0 Å². The molecule has 0 bridgehead atoms. The number of carbonyl (C=O) groups is 1. The number of amides is 2. The predicted molar refractivity (Wildman–Crippen MR) is 78.8 cm³/mol. The molecule has 0 atom stereocenters. The molecule has 2 aliphatic rings. The highest BCUT2D eigenvalue weighted by atomic mass is 16.3. The molecule has 0 unspecified atom stereocenters. The first-order chi connectivity index (χ1) is 9.48. The Morgan fingerprint density at radius 2 is 1.85 bits per heavy atom. The molecule has 0 aromatic carbocycles. The van der Waals surface area contributed by atoms with Gasteiger partial charge in [0, 0.05) is 58.9 Å². The van der Waals surface area contributed by atoms with Crippen molar-refractivity contribution < 1.29 is 9.90 Å². The Kier molecular flexibility index (Phi) is 4.88. The van der Waals surface area contributed by atoms with Gasteiger partial charge in [0.25, 0.3) is 0 Å². The standard InChI is InChI=1S/C14H28N4O2/c1-15(2)13(20)17-6-4-14(5-7-17)12-16(3)8-9-18(14)10-11-19/h19H,4-12H2,1-3H3. The fourth-order valence-electron chi connectivity index (χ4n) is 3.55. The monoisotopic (exact) mass is 284 g/mol. The summed E-state index contributed by atoms with van der Waals surface area (Å²) in [5, 5.41) is 9.28. The molecule has 6 nitrogen and oxygen atoms in total. The van der Waals surface area contributed by atoms with E-state index in [0.717, 1.165) is 52.1 Å². The Balaban J connectivity index is 2.02. The number of hydrogen-bond donors (Lipinski definition) is 1. The SMILES string of the molecule is CN1CCN(CCO)C2(CCN(C(=O)N(C)C)CC2)C1. The second-order valence-electron chi connectivity index (χ2n) is 6.34. The third-order valence-corrected chi connectivity index (χ3v) is 4.70. The topological polar surface area (TPSA) is 50.3 Å². The average molecular weight is 284 g/mol. The maximum absolute atomic E-state index is 12.0. The van der Waals surface area contributed by atoms with Crippen molar-refractivity contribution in [1.82, 2.24) is 19.6 Å². The molecule has 2 aliphatic heterocycles. The molecule has 0 radical (unpaired) electrons. The van der Waals surface area contributed by atoms with Gasteiger partial charge in [0.05, 0.1) is 6.61 Å². The number of carbonyl (C=O) groups excluding carboxylic acids is 1. The van der Waals surface area contributed by atoms with E-state index in [4.69, 9.17) is 0 Å². The van der Waals surface area contributed by atoms with Crippen LogP contribution in [-0.4, -0.2) is 103 Å². The fraction of sp³-hybridized carbons (Fsp3) is 0.929. The number of β-amino-alcohol motifs (C(OH)–C–C–N with tert-alkyl or cyclic N) is 1. The van der Waals surface area contributed by atoms with E-state index in [1.807, 2.05) is 4.90 Å². The second-order valence-corrected chi connectivity index (χ2v) is 6.34. The number of likely N-dealkylation sites (N-methyl/N-ethyl adjacent to an activating group) is 1. The molecule has 1 N–H and O–H groups in total. The van der Waals surface area contributed by atoms with Crippen LogP contribution in [-0.2, 0) is 0 Å². The molecule has 2 heterocycles. The van der Waals surface area contributed by atoms with Crippen molar-refractivity contribution in [3.05, 3.63) is 0 Å². The van der Waals surface area contributed by atoms with Crippen LogP contribution in [0.2, 0.25) is 0 Å². The van der Waals surface area contributed by atoms with Gasteiger partial charge in [-0.25, -0.2) is 4.79 Å². The van der Waals surface area contributed by atoms with Gasteiger partial charge in [-0.15, -0.1) is 0 Å². The van der Waals surface area contributed by atoms with Gasteiger partial charge >= 0.3 is 6.03 Å². The largest absolute Gasteiger partial charge is 0.395 e. The lowest BCUT2D eigenvalue weighted by atomic mass is 9.83. The number of aliphatic hydroxyl groups excluding tert-OH is 1. The van der Waals surface area contributed by atoms with Crippen LogP contribution in [0.3, 0.4) is 0 Å². The normalized spacial score (nSPS) is 24.1. The number of rotatable bonds is 2. The van der Waals surface area contributed by atoms with Crippen LogP contribution < -0.4 is 0 Å². The number of aliphatic hydroxyl groups is 1. The Hall–Kier alpha value is -0.850. The molecular weight excluding hydrogens is 256 g/mol. The Morgan fingerprint density at radius 1 is 1.20 bits per heavy atom. The zero-order chi connectivity index (χ0) is 14.8. The summed E-state index contributed by atoms with van der Waals surface area (Å²) in [6.07, 6.45) is 1.99. The van der Waals surface area contributed by atoms with E-state index in [9.17, 15) is 9.90 Å². The van der Waals surface area contributed by atoms with E-state index in [1.54, 1.807) is 19.0 Å². The summed E-state index contributed by atoms with van der Waals surface area (Å²) < 4.78 is 0. The van der Waals surface area contributed by atoms with E-state index in [1.165, 1.54) is 0 Å². The van der Waals surface area contributed by atoms with Crippen LogP contribution >= 0.6 is 0 Å². The first-order valence-corrected chi connectivity index (χ1v) is 7.49. The molecule has 0 aromatic rings. The molecule has 2 fully saturated rings. The molecule has 20 heavy (non-hydrogen) atoms. The Bertz CT molecular complexity index is 340. The van der Waals surface area contributed by atoms with Gasteiger partial charge in [-0.3, -0.25) is 4.90 Å². The van der Waals surface area contributed by atoms with Gasteiger partial charge in [0.1, 0.15) is 0 Å². The average Bonchev–Trinajstić information content (AvgIpc) is 2.42. The quantitative estimate of drug-likeness (QED) is 0.759. The maximum atomic E-state index is 12.0. The zero-order valence-electron chi connectivity index (χ0n) is 13.0. The number of urea groups is 1. The maximum Gasteiger partial charge on any atom is 0.319 e. The van der Waals surface area contributed by atoms with Crippen LogP contribution in [0.15, 0.2) is 0 Å². The molecule has 116 valence electrons. The lowest BCUT2D eigenvalue weighted by Crippen LogP contribution is -2.66. The van der Waals surface area contributed by atoms with Crippen molar-refractivity contribution in [2.45, 2.75) is 18.4 Å². The van der Waals surface area contributed by atoms with Crippen molar-refractivity contribution in [3.63, 3.8) is 0 Å². The van der Waals surface area contributed by atoms with Crippen LogP contribution in [0.4, 0.5) is 4.79 Å². The summed E-state index contributed by atoms with van der Waals surface area (Å²) in [7, 11) is 5.77. The second kappa shape index (κ2) is 6.28. The van der Waals surface area contributed by atoms with Gasteiger partial charge in [-0.2, -0.15) is 0 Å². The van der Waals surface area contributed by atoms with Crippen LogP contribution in [0.25, 0.3) is 0 Å². The molecule has 6 heteroatoms. The lowest BCUT2D eigenvalue weighted by molar-refractivity contribution is -0.0366. The third kappa shape index (κ3) is 3.07. The summed E-state index contributed by atoms with van der Waals surface area (Å²) in [6, 6.07) is 0.109. The van der Waals surface area contributed by atoms with Crippen molar-refractivity contribution in [1.29, 1.82) is 0 Å². The highest BCUT2D eigenvalue weighted by molar-refractivity contribution is 5.73. The highest BCUT2D eigenvalue weighted by Crippen LogP contribution is 2.32. The smallest absolute Gasteiger partial charge is 0.319 e. The van der Waals surface area contributed by atoms with Gasteiger partial charge in [0.15, 0.2) is 0 Å². The van der Waals surface area contributed by atoms with E-state index in [-0.39, 0.29) is 18.2 Å². The molecule has 0 aliphatic carbocycles. The molecule has 2 saturated heterocycles. The number of piperidine rings is 1. The number of hydrogen-bond acceptors (Lipinski definition) is 4. The third-order valence-electron chi connectivity index (χ3n) is 4.70. The van der Waals surface area contributed by atoms with Gasteiger partial charge in [-0.05, 0) is 19.9 Å². The number of nitrogens with zero attached hydrogens (tertiary/aromatic N) is 4. The number of piperazine rings is 1. The molecule has 2 rings (SSSR count). The van der Waals surface area contributed by atoms with E-state index < -0.39 is 0 Å². The Morgan fingerprint density at radius 3 is 2.40 bits per heavy atom. The van der Waals surface area contributed by atoms with Crippen LogP contribution in [0.1, 0.15) is 12.8 Å². The summed E-state index contributed by atoms with van der Waals surface area (Å²) in [5.74, 6) is 0. The van der Waals surface area contributed by atoms with Crippen LogP contribution in [0.5, 0.6) is 0 Å². The van der Waals surface area contributed by atoms with Gasteiger partial charge in [0.2, 0.25) is 0 Å². The van der Waals surface area contributed by atoms with Crippen molar-refractivity contribution in [2.24, 2.45) is 0 Å². The molecule has 2 amide bonds. The lowest BCUT2D eigenvalue weighted by Gasteiger charge is -2.53. The first-order valence-electron chi connectivity index (χ1n) is 7.49. The summed E-state index contributed by atoms with van der Waals surface area (Å²) in [6.45, 7) is 5.69. The molecular formula is C14H28N4O2. The minimum absolute atomic E-state index is 0.109. The minimum Gasteiger partial charge on any atom is -0.395 e. The zero-order valence-corrected chi connectivity index (χ0v) is 13.0. The van der Waals surface area contributed by atoms with Crippen molar-refractivity contribution in [2.75, 3.05) is 67.0 Å².